The van der Waals surface area contributed by atoms with Crippen LogP contribution in [0.2, 0.25) is 0 Å². The smallest absolute Gasteiger partial charge is 0.331 e. The third-order valence-corrected chi connectivity index (χ3v) is 3.31. The Morgan fingerprint density at radius 3 is 1.87 bits per heavy atom. The molecule has 0 saturated heterocycles. The van der Waals surface area contributed by atoms with E-state index in [0.29, 0.717) is 23.3 Å². The van der Waals surface area contributed by atoms with Crippen LogP contribution in [-0.2, 0) is 9.53 Å². The molecule has 0 aliphatic heterocycles. The predicted octanol–water partition coefficient (Wildman–Crippen LogP) is 4.74. The lowest BCUT2D eigenvalue weighted by Crippen LogP contribution is -2.04. The number of ether oxygens (including phenoxy) is 1. The van der Waals surface area contributed by atoms with E-state index < -0.39 is 5.97 Å². The highest BCUT2D eigenvalue weighted by molar-refractivity contribution is 5.96. The van der Waals surface area contributed by atoms with E-state index in [0.717, 1.165) is 12.8 Å². The molecule has 0 radical (unpaired) electrons. The van der Waals surface area contributed by atoms with Crippen molar-refractivity contribution in [2.24, 2.45) is 0 Å². The number of hydrogen-bond donors (Lipinski definition) is 0. The largest absolute Gasteiger partial charge is 0.463 e. The minimum atomic E-state index is -0.470. The second-order valence-corrected chi connectivity index (χ2v) is 5.09. The van der Waals surface area contributed by atoms with Gasteiger partial charge in [-0.3, -0.25) is 0 Å². The summed E-state index contributed by atoms with van der Waals surface area (Å²) in [6, 6.07) is 11.6. The van der Waals surface area contributed by atoms with E-state index >= 15 is 0 Å². The van der Waals surface area contributed by atoms with Gasteiger partial charge in [-0.1, -0.05) is 37.6 Å². The standard InChI is InChI=1S/C19H18F2O2/c1-2-3-12-23-19(22)13-18(14-4-8-16(20)9-5-14)15-6-10-17(21)11-7-15/h4-11,13H,2-3,12H2,1H3. The second-order valence-electron chi connectivity index (χ2n) is 5.09. The normalized spacial score (nSPS) is 10.2. The van der Waals surface area contributed by atoms with Gasteiger partial charge in [-0.05, 0) is 47.4 Å². The van der Waals surface area contributed by atoms with Crippen LogP contribution in [0, 0.1) is 11.6 Å². The molecule has 2 aromatic rings. The average molecular weight is 316 g/mol. The van der Waals surface area contributed by atoms with E-state index in [2.05, 4.69) is 0 Å². The van der Waals surface area contributed by atoms with Gasteiger partial charge in [0.25, 0.3) is 0 Å². The van der Waals surface area contributed by atoms with Crippen LogP contribution in [0.5, 0.6) is 0 Å². The molecule has 0 aliphatic carbocycles. The van der Waals surface area contributed by atoms with Crippen molar-refractivity contribution in [3.63, 3.8) is 0 Å². The summed E-state index contributed by atoms with van der Waals surface area (Å²) >= 11 is 0. The van der Waals surface area contributed by atoms with Gasteiger partial charge < -0.3 is 4.74 Å². The van der Waals surface area contributed by atoms with Gasteiger partial charge in [-0.25, -0.2) is 13.6 Å². The molecule has 0 N–H and O–H groups in total. The zero-order valence-electron chi connectivity index (χ0n) is 12.9. The summed E-state index contributed by atoms with van der Waals surface area (Å²) in [7, 11) is 0. The number of carbonyl (C=O) groups excluding carboxylic acids is 1. The van der Waals surface area contributed by atoms with Crippen molar-refractivity contribution in [2.75, 3.05) is 6.61 Å². The highest BCUT2D eigenvalue weighted by atomic mass is 19.1. The number of unbranched alkanes of at least 4 members (excludes halogenated alkanes) is 1. The first-order valence-corrected chi connectivity index (χ1v) is 7.50. The zero-order chi connectivity index (χ0) is 16.7. The van der Waals surface area contributed by atoms with Gasteiger partial charge in [0.15, 0.2) is 0 Å². The lowest BCUT2D eigenvalue weighted by atomic mass is 9.97. The molecule has 120 valence electrons. The van der Waals surface area contributed by atoms with Gasteiger partial charge in [0.2, 0.25) is 0 Å². The Morgan fingerprint density at radius 2 is 1.43 bits per heavy atom. The summed E-state index contributed by atoms with van der Waals surface area (Å²) in [5.74, 6) is -1.20. The van der Waals surface area contributed by atoms with Gasteiger partial charge in [0.1, 0.15) is 11.6 Å². The van der Waals surface area contributed by atoms with Crippen LogP contribution in [-0.4, -0.2) is 12.6 Å². The Kier molecular flexibility index (Phi) is 6.03. The first-order chi connectivity index (χ1) is 11.1. The maximum Gasteiger partial charge on any atom is 0.331 e. The molecule has 4 heteroatoms. The van der Waals surface area contributed by atoms with Crippen molar-refractivity contribution in [1.82, 2.24) is 0 Å². The van der Waals surface area contributed by atoms with E-state index in [1.54, 1.807) is 24.3 Å². The molecule has 0 saturated carbocycles. The fraction of sp³-hybridized carbons (Fsp3) is 0.211. The summed E-state index contributed by atoms with van der Waals surface area (Å²) in [6.07, 6.45) is 3.08. The van der Waals surface area contributed by atoms with Gasteiger partial charge in [0.05, 0.1) is 6.61 Å². The van der Waals surface area contributed by atoms with Gasteiger partial charge in [0, 0.05) is 6.08 Å². The molecule has 0 atom stereocenters. The summed E-state index contributed by atoms with van der Waals surface area (Å²) < 4.78 is 31.4. The maximum absolute atomic E-state index is 13.1. The molecular formula is C19H18F2O2. The Labute approximate surface area is 134 Å². The maximum atomic E-state index is 13.1. The van der Waals surface area contributed by atoms with Gasteiger partial charge in [-0.15, -0.1) is 0 Å². The molecule has 0 aliphatic rings. The number of halogens is 2. The predicted molar refractivity (Wildman–Crippen MR) is 85.7 cm³/mol. The fourth-order valence-corrected chi connectivity index (χ4v) is 2.07. The third kappa shape index (κ3) is 5.02. The van der Waals surface area contributed by atoms with Gasteiger partial charge >= 0.3 is 5.97 Å². The lowest BCUT2D eigenvalue weighted by Gasteiger charge is -2.09. The average Bonchev–Trinajstić information content (AvgIpc) is 2.55. The van der Waals surface area contributed by atoms with Crippen LogP contribution in [0.3, 0.4) is 0 Å². The quantitative estimate of drug-likeness (QED) is 0.437. The Morgan fingerprint density at radius 1 is 0.957 bits per heavy atom. The molecule has 0 aromatic heterocycles. The molecule has 2 aromatic carbocycles. The van der Waals surface area contributed by atoms with Crippen LogP contribution < -0.4 is 0 Å². The number of esters is 1. The number of carbonyl (C=O) groups is 1. The zero-order valence-corrected chi connectivity index (χ0v) is 12.9. The van der Waals surface area contributed by atoms with Gasteiger partial charge in [-0.2, -0.15) is 0 Å². The summed E-state index contributed by atoms with van der Waals surface area (Å²) in [6.45, 7) is 2.36. The van der Waals surface area contributed by atoms with E-state index in [1.807, 2.05) is 6.92 Å². The monoisotopic (exact) mass is 316 g/mol. The molecule has 0 heterocycles. The Balaban J connectivity index is 2.32. The Bertz CT molecular complexity index is 626. The highest BCUT2D eigenvalue weighted by Gasteiger charge is 2.09. The van der Waals surface area contributed by atoms with Crippen molar-refractivity contribution in [3.8, 4) is 0 Å². The first-order valence-electron chi connectivity index (χ1n) is 7.50. The molecule has 0 unspecified atom stereocenters. The van der Waals surface area contributed by atoms with Crippen LogP contribution in [0.15, 0.2) is 54.6 Å². The molecular weight excluding hydrogens is 298 g/mol. The third-order valence-electron chi connectivity index (χ3n) is 3.31. The highest BCUT2D eigenvalue weighted by Crippen LogP contribution is 2.24. The second kappa shape index (κ2) is 8.22. The summed E-state index contributed by atoms with van der Waals surface area (Å²) in [4.78, 5) is 12.0. The van der Waals surface area contributed by atoms with Crippen LogP contribution in [0.1, 0.15) is 30.9 Å². The minimum Gasteiger partial charge on any atom is -0.463 e. The van der Waals surface area contributed by atoms with E-state index in [1.165, 1.54) is 30.3 Å². The van der Waals surface area contributed by atoms with E-state index in [9.17, 15) is 13.6 Å². The minimum absolute atomic E-state index is 0.353. The van der Waals surface area contributed by atoms with Crippen LogP contribution >= 0.6 is 0 Å². The molecule has 0 amide bonds. The van der Waals surface area contributed by atoms with E-state index in [4.69, 9.17) is 4.74 Å². The SMILES string of the molecule is CCCCOC(=O)C=C(c1ccc(F)cc1)c1ccc(F)cc1. The number of benzene rings is 2. The lowest BCUT2D eigenvalue weighted by molar-refractivity contribution is -0.137. The molecule has 2 rings (SSSR count). The van der Waals surface area contributed by atoms with E-state index in [-0.39, 0.29) is 11.6 Å². The molecule has 23 heavy (non-hydrogen) atoms. The topological polar surface area (TPSA) is 26.3 Å². The first kappa shape index (κ1) is 16.9. The number of hydrogen-bond acceptors (Lipinski definition) is 2. The van der Waals surface area contributed by atoms with Crippen molar-refractivity contribution >= 4 is 11.5 Å². The molecule has 0 fully saturated rings. The molecule has 2 nitrogen and oxygen atoms in total. The number of rotatable bonds is 6. The van der Waals surface area contributed by atoms with Crippen molar-refractivity contribution in [2.45, 2.75) is 19.8 Å². The van der Waals surface area contributed by atoms with Crippen molar-refractivity contribution in [1.29, 1.82) is 0 Å². The summed E-state index contributed by atoms with van der Waals surface area (Å²) in [5, 5.41) is 0. The van der Waals surface area contributed by atoms with Crippen LogP contribution in [0.25, 0.3) is 5.57 Å². The molecule has 0 spiro atoms. The summed E-state index contributed by atoms with van der Waals surface area (Å²) in [5.41, 5.74) is 1.88. The Hall–Kier alpha value is -2.49. The fourth-order valence-electron chi connectivity index (χ4n) is 2.07. The van der Waals surface area contributed by atoms with Crippen molar-refractivity contribution < 1.29 is 18.3 Å². The molecule has 0 bridgehead atoms. The van der Waals surface area contributed by atoms with Crippen molar-refractivity contribution in [3.05, 3.63) is 77.4 Å². The van der Waals surface area contributed by atoms with Crippen LogP contribution in [0.4, 0.5) is 8.78 Å².